The zero-order valence-corrected chi connectivity index (χ0v) is 11.9. The first-order chi connectivity index (χ1) is 9.62. The van der Waals surface area contributed by atoms with Crippen molar-refractivity contribution in [2.75, 3.05) is 13.1 Å². The molecule has 3 rings (SSSR count). The Balaban J connectivity index is 1.55. The highest BCUT2D eigenvalue weighted by Gasteiger charge is 2.45. The Morgan fingerprint density at radius 2 is 1.90 bits per heavy atom. The van der Waals surface area contributed by atoms with Gasteiger partial charge >= 0.3 is 12.0 Å². The lowest BCUT2D eigenvalue weighted by atomic mass is 9.69. The third-order valence-corrected chi connectivity index (χ3v) is 5.61. The molecule has 2 N–H and O–H groups in total. The van der Waals surface area contributed by atoms with Crippen molar-refractivity contribution in [1.82, 2.24) is 10.2 Å². The van der Waals surface area contributed by atoms with Crippen LogP contribution in [0.4, 0.5) is 4.79 Å². The molecule has 0 aromatic rings. The minimum absolute atomic E-state index is 0.0491. The molecule has 2 aliphatic carbocycles. The first-order valence-electron chi connectivity index (χ1n) is 7.90. The number of carboxylic acids is 1. The highest BCUT2D eigenvalue weighted by Crippen LogP contribution is 2.41. The Morgan fingerprint density at radius 1 is 1.15 bits per heavy atom. The number of hydrogen-bond acceptors (Lipinski definition) is 2. The predicted octanol–water partition coefficient (Wildman–Crippen LogP) is 2.22. The van der Waals surface area contributed by atoms with Gasteiger partial charge in [0.05, 0.1) is 5.41 Å². The third-order valence-electron chi connectivity index (χ3n) is 5.61. The Bertz CT molecular complexity index is 406. The van der Waals surface area contributed by atoms with E-state index in [4.69, 9.17) is 0 Å². The molecule has 2 amide bonds. The number of carbonyl (C=O) groups excluding carboxylic acids is 1. The first kappa shape index (κ1) is 13.7. The predicted molar refractivity (Wildman–Crippen MR) is 74.4 cm³/mol. The average molecular weight is 280 g/mol. The van der Waals surface area contributed by atoms with Gasteiger partial charge in [-0.25, -0.2) is 4.79 Å². The van der Waals surface area contributed by atoms with Crippen molar-refractivity contribution < 1.29 is 14.7 Å². The second kappa shape index (κ2) is 5.26. The number of nitrogens with one attached hydrogen (secondary N) is 1. The highest BCUT2D eigenvalue weighted by molar-refractivity contribution is 5.79. The van der Waals surface area contributed by atoms with Crippen molar-refractivity contribution >= 4 is 12.0 Å². The van der Waals surface area contributed by atoms with Crippen molar-refractivity contribution in [3.63, 3.8) is 0 Å². The number of carboxylic acid groups (broad SMARTS) is 1. The zero-order valence-electron chi connectivity index (χ0n) is 11.9. The molecule has 0 spiro atoms. The Hall–Kier alpha value is -1.26. The molecule has 20 heavy (non-hydrogen) atoms. The van der Waals surface area contributed by atoms with Crippen LogP contribution in [0.2, 0.25) is 0 Å². The SMILES string of the molecule is O=C(NCC1(C(=O)O)CCC1)N1CCC2CCCCC21. The lowest BCUT2D eigenvalue weighted by Gasteiger charge is -2.38. The van der Waals surface area contributed by atoms with Gasteiger partial charge in [-0.2, -0.15) is 0 Å². The van der Waals surface area contributed by atoms with Crippen molar-refractivity contribution in [3.05, 3.63) is 0 Å². The molecule has 5 nitrogen and oxygen atoms in total. The van der Waals surface area contributed by atoms with Crippen LogP contribution >= 0.6 is 0 Å². The van der Waals surface area contributed by atoms with Crippen LogP contribution in [0.1, 0.15) is 51.4 Å². The number of likely N-dealkylation sites (tertiary alicyclic amines) is 1. The monoisotopic (exact) mass is 280 g/mol. The maximum Gasteiger partial charge on any atom is 0.317 e. The molecule has 1 saturated heterocycles. The van der Waals surface area contributed by atoms with E-state index >= 15 is 0 Å². The molecule has 1 heterocycles. The van der Waals surface area contributed by atoms with Gasteiger partial charge in [-0.05, 0) is 38.0 Å². The number of amides is 2. The van der Waals surface area contributed by atoms with Crippen molar-refractivity contribution in [1.29, 1.82) is 0 Å². The molecule has 112 valence electrons. The van der Waals surface area contributed by atoms with Crippen LogP contribution in [0, 0.1) is 11.3 Å². The quantitative estimate of drug-likeness (QED) is 0.832. The molecule has 2 unspecified atom stereocenters. The van der Waals surface area contributed by atoms with Gasteiger partial charge in [-0.1, -0.05) is 19.3 Å². The molecule has 2 atom stereocenters. The van der Waals surface area contributed by atoms with E-state index in [0.29, 0.717) is 24.8 Å². The highest BCUT2D eigenvalue weighted by atomic mass is 16.4. The molecule has 3 fully saturated rings. The standard InChI is InChI=1S/C15H24N2O3/c18-13(19)15(7-3-8-15)10-16-14(20)17-9-6-11-4-1-2-5-12(11)17/h11-12H,1-10H2,(H,16,20)(H,18,19). The fourth-order valence-electron chi connectivity index (χ4n) is 4.07. The second-order valence-electron chi connectivity index (χ2n) is 6.69. The molecule has 0 aromatic carbocycles. The number of hydrogen-bond donors (Lipinski definition) is 2. The second-order valence-corrected chi connectivity index (χ2v) is 6.69. The van der Waals surface area contributed by atoms with Gasteiger partial charge in [0.1, 0.15) is 0 Å². The number of carbonyl (C=O) groups is 2. The number of urea groups is 1. The summed E-state index contributed by atoms with van der Waals surface area (Å²) in [5.74, 6) is -0.0901. The van der Waals surface area contributed by atoms with E-state index in [9.17, 15) is 14.7 Å². The lowest BCUT2D eigenvalue weighted by molar-refractivity contribution is -0.153. The van der Waals surface area contributed by atoms with Gasteiger partial charge in [0.15, 0.2) is 0 Å². The summed E-state index contributed by atoms with van der Waals surface area (Å²) in [7, 11) is 0. The van der Waals surface area contributed by atoms with E-state index in [-0.39, 0.29) is 12.6 Å². The molecule has 3 aliphatic rings. The molecule has 1 aliphatic heterocycles. The summed E-state index contributed by atoms with van der Waals surface area (Å²) in [5, 5.41) is 12.2. The van der Waals surface area contributed by atoms with E-state index in [1.807, 2.05) is 4.90 Å². The topological polar surface area (TPSA) is 69.6 Å². The molecule has 5 heteroatoms. The Labute approximate surface area is 119 Å². The van der Waals surface area contributed by atoms with Gasteiger partial charge in [0.2, 0.25) is 0 Å². The van der Waals surface area contributed by atoms with Crippen LogP contribution < -0.4 is 5.32 Å². The summed E-state index contributed by atoms with van der Waals surface area (Å²) in [6.07, 6.45) is 8.31. The summed E-state index contributed by atoms with van der Waals surface area (Å²) in [6.45, 7) is 1.12. The van der Waals surface area contributed by atoms with Crippen LogP contribution in [-0.4, -0.2) is 41.1 Å². The maximum absolute atomic E-state index is 12.3. The van der Waals surface area contributed by atoms with Crippen LogP contribution in [0.15, 0.2) is 0 Å². The van der Waals surface area contributed by atoms with Crippen LogP contribution in [0.25, 0.3) is 0 Å². The molecule has 0 radical (unpaired) electrons. The van der Waals surface area contributed by atoms with Gasteiger partial charge in [0, 0.05) is 19.1 Å². The van der Waals surface area contributed by atoms with Crippen LogP contribution in [0.5, 0.6) is 0 Å². The molecular weight excluding hydrogens is 256 g/mol. The Morgan fingerprint density at radius 3 is 2.55 bits per heavy atom. The minimum atomic E-state index is -0.763. The normalized spacial score (nSPS) is 31.3. The van der Waals surface area contributed by atoms with E-state index in [1.54, 1.807) is 0 Å². The van der Waals surface area contributed by atoms with Gasteiger partial charge in [-0.15, -0.1) is 0 Å². The number of rotatable bonds is 3. The van der Waals surface area contributed by atoms with Gasteiger partial charge in [-0.3, -0.25) is 4.79 Å². The van der Waals surface area contributed by atoms with Crippen molar-refractivity contribution in [2.24, 2.45) is 11.3 Å². The molecule has 2 saturated carbocycles. The minimum Gasteiger partial charge on any atom is -0.481 e. The zero-order chi connectivity index (χ0) is 14.2. The summed E-state index contributed by atoms with van der Waals surface area (Å²) in [5.41, 5.74) is -0.693. The number of aliphatic carboxylic acids is 1. The maximum atomic E-state index is 12.3. The average Bonchev–Trinajstić information content (AvgIpc) is 2.80. The van der Waals surface area contributed by atoms with Crippen LogP contribution in [0.3, 0.4) is 0 Å². The summed E-state index contributed by atoms with van der Waals surface area (Å²) >= 11 is 0. The fourth-order valence-corrected chi connectivity index (χ4v) is 4.07. The van der Waals surface area contributed by atoms with Gasteiger partial charge in [0.25, 0.3) is 0 Å². The van der Waals surface area contributed by atoms with Gasteiger partial charge < -0.3 is 15.3 Å². The fraction of sp³-hybridized carbons (Fsp3) is 0.867. The van der Waals surface area contributed by atoms with E-state index in [0.717, 1.165) is 25.8 Å². The number of fused-ring (bicyclic) bond motifs is 1. The smallest absolute Gasteiger partial charge is 0.317 e. The van der Waals surface area contributed by atoms with Crippen molar-refractivity contribution in [3.8, 4) is 0 Å². The first-order valence-corrected chi connectivity index (χ1v) is 7.90. The Kier molecular flexibility index (Phi) is 3.61. The largest absolute Gasteiger partial charge is 0.481 e. The van der Waals surface area contributed by atoms with Crippen LogP contribution in [-0.2, 0) is 4.79 Å². The van der Waals surface area contributed by atoms with E-state index in [2.05, 4.69) is 5.32 Å². The van der Waals surface area contributed by atoms with Crippen molar-refractivity contribution in [2.45, 2.75) is 57.4 Å². The summed E-state index contributed by atoms with van der Waals surface area (Å²) < 4.78 is 0. The molecule has 0 aromatic heterocycles. The molecular formula is C15H24N2O3. The van der Waals surface area contributed by atoms with E-state index in [1.165, 1.54) is 19.3 Å². The van der Waals surface area contributed by atoms with E-state index < -0.39 is 11.4 Å². The summed E-state index contributed by atoms with van der Waals surface area (Å²) in [4.78, 5) is 25.6. The lowest BCUT2D eigenvalue weighted by Crippen LogP contribution is -2.52. The third kappa shape index (κ3) is 2.27. The number of nitrogens with zero attached hydrogens (tertiary/aromatic N) is 1. The molecule has 0 bridgehead atoms. The summed E-state index contributed by atoms with van der Waals surface area (Å²) in [6, 6.07) is 0.345.